The summed E-state index contributed by atoms with van der Waals surface area (Å²) in [5.74, 6) is -0.00736. The highest BCUT2D eigenvalue weighted by atomic mass is 16.1. The molecule has 0 aromatic carbocycles. The Labute approximate surface area is 103 Å². The molecule has 1 aliphatic heterocycles. The van der Waals surface area contributed by atoms with Gasteiger partial charge in [-0.15, -0.1) is 5.10 Å². The van der Waals surface area contributed by atoms with Crippen molar-refractivity contribution in [2.24, 2.45) is 0 Å². The van der Waals surface area contributed by atoms with E-state index >= 15 is 0 Å². The summed E-state index contributed by atoms with van der Waals surface area (Å²) in [6, 6.07) is 1.89. The summed E-state index contributed by atoms with van der Waals surface area (Å²) in [4.78, 5) is 16.3. The van der Waals surface area contributed by atoms with Crippen molar-refractivity contribution in [2.45, 2.75) is 12.5 Å². The summed E-state index contributed by atoms with van der Waals surface area (Å²) in [6.45, 7) is 1.71. The van der Waals surface area contributed by atoms with Crippen molar-refractivity contribution in [3.8, 4) is 0 Å². The van der Waals surface area contributed by atoms with E-state index in [-0.39, 0.29) is 17.8 Å². The Bertz CT molecular complexity index is 586. The van der Waals surface area contributed by atoms with Crippen molar-refractivity contribution < 1.29 is 4.79 Å². The van der Waals surface area contributed by atoms with Gasteiger partial charge in [-0.3, -0.25) is 4.79 Å². The Morgan fingerprint density at radius 2 is 2.50 bits per heavy atom. The highest BCUT2D eigenvalue weighted by molar-refractivity contribution is 6.04. The Balaban J connectivity index is 1.92. The standard InChI is InChI=1S/C11H14N6O/c12-9-8(10-14-3-1-5-17(10)16-9)11(18)15-7-2-4-13-6-7/h1,3,5,7,13H,2,4,6H2,(H2,12,16)(H,15,18). The monoisotopic (exact) mass is 246 g/mol. The number of nitrogens with one attached hydrogen (secondary N) is 2. The van der Waals surface area contributed by atoms with E-state index in [9.17, 15) is 4.79 Å². The number of fused-ring (bicyclic) bond motifs is 1. The largest absolute Gasteiger partial charge is 0.381 e. The molecule has 2 aromatic rings. The minimum absolute atomic E-state index is 0.149. The zero-order chi connectivity index (χ0) is 12.5. The quantitative estimate of drug-likeness (QED) is 0.657. The zero-order valence-corrected chi connectivity index (χ0v) is 9.76. The van der Waals surface area contributed by atoms with E-state index in [4.69, 9.17) is 5.73 Å². The van der Waals surface area contributed by atoms with Crippen LogP contribution in [0.5, 0.6) is 0 Å². The molecule has 7 heteroatoms. The molecule has 3 rings (SSSR count). The fraction of sp³-hybridized carbons (Fsp3) is 0.364. The number of nitrogens with zero attached hydrogens (tertiary/aromatic N) is 3. The molecule has 1 fully saturated rings. The van der Waals surface area contributed by atoms with Crippen molar-refractivity contribution >= 4 is 17.4 Å². The number of carbonyl (C=O) groups excluding carboxylic acids is 1. The second kappa shape index (κ2) is 4.26. The number of nitrogens with two attached hydrogens (primary N) is 1. The first-order valence-corrected chi connectivity index (χ1v) is 5.86. The second-order valence-corrected chi connectivity index (χ2v) is 4.31. The molecule has 7 nitrogen and oxygen atoms in total. The highest BCUT2D eigenvalue weighted by Gasteiger charge is 2.23. The van der Waals surface area contributed by atoms with E-state index in [1.165, 1.54) is 4.52 Å². The van der Waals surface area contributed by atoms with E-state index < -0.39 is 0 Å². The topological polar surface area (TPSA) is 97.3 Å². The molecule has 3 heterocycles. The van der Waals surface area contributed by atoms with Gasteiger partial charge in [0.25, 0.3) is 5.91 Å². The third-order valence-corrected chi connectivity index (χ3v) is 3.04. The van der Waals surface area contributed by atoms with Gasteiger partial charge in [-0.2, -0.15) is 0 Å². The average Bonchev–Trinajstić information content (AvgIpc) is 2.94. The minimum atomic E-state index is -0.213. The van der Waals surface area contributed by atoms with Gasteiger partial charge in [-0.25, -0.2) is 9.50 Å². The lowest BCUT2D eigenvalue weighted by Crippen LogP contribution is -2.36. The Hall–Kier alpha value is -2.15. The lowest BCUT2D eigenvalue weighted by Gasteiger charge is -2.10. The van der Waals surface area contributed by atoms with Gasteiger partial charge in [0.1, 0.15) is 5.56 Å². The highest BCUT2D eigenvalue weighted by Crippen LogP contribution is 2.15. The van der Waals surface area contributed by atoms with E-state index in [0.717, 1.165) is 19.5 Å². The number of rotatable bonds is 2. The third-order valence-electron chi connectivity index (χ3n) is 3.04. The van der Waals surface area contributed by atoms with Crippen LogP contribution in [-0.4, -0.2) is 39.6 Å². The summed E-state index contributed by atoms with van der Waals surface area (Å²) in [6.07, 6.45) is 4.26. The fourth-order valence-electron chi connectivity index (χ4n) is 2.16. The van der Waals surface area contributed by atoms with E-state index in [2.05, 4.69) is 20.7 Å². The van der Waals surface area contributed by atoms with Gasteiger partial charge in [-0.05, 0) is 19.0 Å². The second-order valence-electron chi connectivity index (χ2n) is 4.31. The first-order chi connectivity index (χ1) is 8.75. The molecule has 0 spiro atoms. The van der Waals surface area contributed by atoms with Gasteiger partial charge in [0.15, 0.2) is 11.5 Å². The Morgan fingerprint density at radius 3 is 3.28 bits per heavy atom. The van der Waals surface area contributed by atoms with Crippen LogP contribution >= 0.6 is 0 Å². The molecule has 1 amide bonds. The lowest BCUT2D eigenvalue weighted by atomic mass is 10.2. The van der Waals surface area contributed by atoms with Crippen LogP contribution in [-0.2, 0) is 0 Å². The van der Waals surface area contributed by atoms with Crippen molar-refractivity contribution in [1.29, 1.82) is 0 Å². The molecule has 2 aromatic heterocycles. The zero-order valence-electron chi connectivity index (χ0n) is 9.76. The van der Waals surface area contributed by atoms with Gasteiger partial charge < -0.3 is 16.4 Å². The predicted molar refractivity (Wildman–Crippen MR) is 66.1 cm³/mol. The number of anilines is 1. The number of hydrogen-bond acceptors (Lipinski definition) is 5. The molecule has 94 valence electrons. The summed E-state index contributed by atoms with van der Waals surface area (Å²) in [5.41, 5.74) is 6.61. The molecule has 1 saturated heterocycles. The van der Waals surface area contributed by atoms with Crippen molar-refractivity contribution in [1.82, 2.24) is 25.2 Å². The van der Waals surface area contributed by atoms with Crippen molar-refractivity contribution in [3.63, 3.8) is 0 Å². The van der Waals surface area contributed by atoms with Crippen LogP contribution in [0.4, 0.5) is 5.82 Å². The van der Waals surface area contributed by atoms with Gasteiger partial charge in [0.2, 0.25) is 0 Å². The molecular weight excluding hydrogens is 232 g/mol. The number of nitrogen functional groups attached to an aromatic ring is 1. The lowest BCUT2D eigenvalue weighted by molar-refractivity contribution is 0.0942. The first-order valence-electron chi connectivity index (χ1n) is 5.86. The number of hydrogen-bond donors (Lipinski definition) is 3. The Kier molecular flexibility index (Phi) is 2.60. The molecule has 18 heavy (non-hydrogen) atoms. The van der Waals surface area contributed by atoms with E-state index in [0.29, 0.717) is 11.2 Å². The predicted octanol–water partition coefficient (Wildman–Crippen LogP) is -0.597. The smallest absolute Gasteiger partial charge is 0.259 e. The molecule has 0 bridgehead atoms. The SMILES string of the molecule is Nc1nn2cccnc2c1C(=O)NC1CCNC1. The molecule has 1 aliphatic rings. The maximum absolute atomic E-state index is 12.2. The minimum Gasteiger partial charge on any atom is -0.381 e. The van der Waals surface area contributed by atoms with Crippen LogP contribution in [0.3, 0.4) is 0 Å². The van der Waals surface area contributed by atoms with Gasteiger partial charge in [-0.1, -0.05) is 0 Å². The molecule has 1 atom stereocenters. The maximum Gasteiger partial charge on any atom is 0.259 e. The van der Waals surface area contributed by atoms with Crippen LogP contribution in [0.15, 0.2) is 18.5 Å². The van der Waals surface area contributed by atoms with Crippen LogP contribution in [0, 0.1) is 0 Å². The first kappa shape index (κ1) is 11.0. The Morgan fingerprint density at radius 1 is 1.61 bits per heavy atom. The van der Waals surface area contributed by atoms with Gasteiger partial charge in [0, 0.05) is 25.0 Å². The summed E-state index contributed by atoms with van der Waals surface area (Å²) in [5, 5.41) is 10.2. The van der Waals surface area contributed by atoms with Gasteiger partial charge >= 0.3 is 0 Å². The molecular formula is C11H14N6O. The van der Waals surface area contributed by atoms with Crippen molar-refractivity contribution in [2.75, 3.05) is 18.8 Å². The number of carbonyl (C=O) groups is 1. The van der Waals surface area contributed by atoms with E-state index in [1.807, 2.05) is 0 Å². The number of amides is 1. The van der Waals surface area contributed by atoms with Crippen molar-refractivity contribution in [3.05, 3.63) is 24.0 Å². The van der Waals surface area contributed by atoms with Crippen LogP contribution < -0.4 is 16.4 Å². The van der Waals surface area contributed by atoms with E-state index in [1.54, 1.807) is 18.5 Å². The summed E-state index contributed by atoms with van der Waals surface area (Å²) in [7, 11) is 0. The molecule has 0 radical (unpaired) electrons. The third kappa shape index (κ3) is 1.78. The molecule has 0 saturated carbocycles. The van der Waals surface area contributed by atoms with Crippen LogP contribution in [0.2, 0.25) is 0 Å². The molecule has 1 unspecified atom stereocenters. The average molecular weight is 246 g/mol. The fourth-order valence-corrected chi connectivity index (χ4v) is 2.16. The van der Waals surface area contributed by atoms with Crippen LogP contribution in [0.1, 0.15) is 16.8 Å². The maximum atomic E-state index is 12.2. The molecule has 0 aliphatic carbocycles. The van der Waals surface area contributed by atoms with Crippen LogP contribution in [0.25, 0.3) is 5.65 Å². The summed E-state index contributed by atoms with van der Waals surface area (Å²) < 4.78 is 1.51. The normalized spacial score (nSPS) is 19.2. The van der Waals surface area contributed by atoms with Gasteiger partial charge in [0.05, 0.1) is 0 Å². The molecule has 4 N–H and O–H groups in total. The number of aromatic nitrogens is 3. The summed E-state index contributed by atoms with van der Waals surface area (Å²) >= 11 is 0.